The summed E-state index contributed by atoms with van der Waals surface area (Å²) in [7, 11) is 0. The quantitative estimate of drug-likeness (QED) is 0.679. The van der Waals surface area contributed by atoms with Crippen LogP contribution < -0.4 is 5.63 Å². The third-order valence-corrected chi connectivity index (χ3v) is 2.87. The van der Waals surface area contributed by atoms with Crippen molar-refractivity contribution < 1.29 is 14.3 Å². The summed E-state index contributed by atoms with van der Waals surface area (Å²) < 4.78 is 5.02. The molecule has 1 aromatic heterocycles. The van der Waals surface area contributed by atoms with Gasteiger partial charge in [0.1, 0.15) is 5.58 Å². The molecule has 0 aliphatic heterocycles. The topological polar surface area (TPSA) is 67.5 Å². The molecule has 18 heavy (non-hydrogen) atoms. The van der Waals surface area contributed by atoms with Gasteiger partial charge in [-0.1, -0.05) is 23.2 Å². The van der Waals surface area contributed by atoms with E-state index in [0.717, 1.165) is 12.2 Å². The lowest BCUT2D eigenvalue weighted by atomic mass is 10.1. The molecule has 1 heterocycles. The highest BCUT2D eigenvalue weighted by Crippen LogP contribution is 2.28. The van der Waals surface area contributed by atoms with E-state index in [4.69, 9.17) is 32.7 Å². The molecule has 92 valence electrons. The summed E-state index contributed by atoms with van der Waals surface area (Å²) in [5, 5.41) is 9.53. The van der Waals surface area contributed by atoms with Crippen LogP contribution in [-0.4, -0.2) is 11.1 Å². The van der Waals surface area contributed by atoms with E-state index in [2.05, 4.69) is 0 Å². The molecule has 0 aliphatic carbocycles. The standard InChI is InChI=1S/C12H6Cl2O4/c13-6-1-3-9-8(5-6)11(14)7(12(17)18-9)2-4-10(15)16/h1-5H,(H,15,16)/b4-2+. The van der Waals surface area contributed by atoms with Gasteiger partial charge in [0.05, 0.1) is 10.6 Å². The number of hydrogen-bond acceptors (Lipinski definition) is 3. The summed E-state index contributed by atoms with van der Waals surface area (Å²) in [5.41, 5.74) is -0.428. The van der Waals surface area contributed by atoms with Crippen LogP contribution in [0.3, 0.4) is 0 Å². The van der Waals surface area contributed by atoms with Crippen LogP contribution in [0.4, 0.5) is 0 Å². The van der Waals surface area contributed by atoms with Crippen LogP contribution in [0, 0.1) is 0 Å². The average Bonchev–Trinajstić information content (AvgIpc) is 2.30. The number of carboxylic acids is 1. The first-order chi connectivity index (χ1) is 8.49. The van der Waals surface area contributed by atoms with E-state index in [1.165, 1.54) is 6.07 Å². The Morgan fingerprint density at radius 1 is 1.33 bits per heavy atom. The molecule has 0 spiro atoms. The second kappa shape index (κ2) is 4.84. The summed E-state index contributed by atoms with van der Waals surface area (Å²) in [6.07, 6.45) is 1.91. The minimum atomic E-state index is -1.18. The number of fused-ring (bicyclic) bond motifs is 1. The summed E-state index contributed by atoms with van der Waals surface area (Å²) >= 11 is 11.9. The van der Waals surface area contributed by atoms with Crippen molar-refractivity contribution in [3.63, 3.8) is 0 Å². The van der Waals surface area contributed by atoms with Gasteiger partial charge in [-0.3, -0.25) is 0 Å². The van der Waals surface area contributed by atoms with Gasteiger partial charge in [-0.25, -0.2) is 9.59 Å². The van der Waals surface area contributed by atoms with Crippen LogP contribution in [0.5, 0.6) is 0 Å². The molecule has 1 aromatic carbocycles. The van der Waals surface area contributed by atoms with E-state index in [9.17, 15) is 9.59 Å². The third-order valence-electron chi connectivity index (χ3n) is 2.23. The molecule has 0 saturated carbocycles. The smallest absolute Gasteiger partial charge is 0.345 e. The zero-order valence-electron chi connectivity index (χ0n) is 8.81. The van der Waals surface area contributed by atoms with Gasteiger partial charge < -0.3 is 9.52 Å². The largest absolute Gasteiger partial charge is 0.478 e. The minimum absolute atomic E-state index is 0.0196. The number of carbonyl (C=O) groups is 1. The molecule has 0 aliphatic rings. The molecular formula is C12H6Cl2O4. The van der Waals surface area contributed by atoms with Gasteiger partial charge >= 0.3 is 11.6 Å². The first-order valence-electron chi connectivity index (χ1n) is 4.82. The highest BCUT2D eigenvalue weighted by atomic mass is 35.5. The van der Waals surface area contributed by atoms with Crippen molar-refractivity contribution in [3.8, 4) is 0 Å². The maximum absolute atomic E-state index is 11.6. The van der Waals surface area contributed by atoms with E-state index in [-0.39, 0.29) is 10.6 Å². The molecule has 1 N–H and O–H groups in total. The van der Waals surface area contributed by atoms with Crippen LogP contribution in [0.2, 0.25) is 10.0 Å². The van der Waals surface area contributed by atoms with Crippen molar-refractivity contribution in [1.29, 1.82) is 0 Å². The third kappa shape index (κ3) is 2.39. The maximum Gasteiger partial charge on any atom is 0.345 e. The zero-order valence-corrected chi connectivity index (χ0v) is 10.3. The Balaban J connectivity index is 2.75. The van der Waals surface area contributed by atoms with Gasteiger partial charge in [-0.15, -0.1) is 0 Å². The van der Waals surface area contributed by atoms with Crippen molar-refractivity contribution in [3.05, 3.63) is 50.3 Å². The van der Waals surface area contributed by atoms with E-state index >= 15 is 0 Å². The second-order valence-corrected chi connectivity index (χ2v) is 4.24. The molecule has 6 heteroatoms. The van der Waals surface area contributed by atoms with Gasteiger partial charge in [-0.2, -0.15) is 0 Å². The second-order valence-electron chi connectivity index (χ2n) is 3.43. The van der Waals surface area contributed by atoms with Crippen molar-refractivity contribution in [2.24, 2.45) is 0 Å². The predicted molar refractivity (Wildman–Crippen MR) is 69.2 cm³/mol. The molecule has 2 aromatic rings. The molecule has 0 radical (unpaired) electrons. The predicted octanol–water partition coefficient (Wildman–Crippen LogP) is 3.20. The molecule has 0 amide bonds. The molecular weight excluding hydrogens is 279 g/mol. The number of hydrogen-bond donors (Lipinski definition) is 1. The van der Waals surface area contributed by atoms with E-state index in [0.29, 0.717) is 16.0 Å². The molecule has 0 saturated heterocycles. The Morgan fingerprint density at radius 3 is 2.72 bits per heavy atom. The van der Waals surface area contributed by atoms with Crippen LogP contribution in [0.1, 0.15) is 5.56 Å². The number of halogens is 2. The van der Waals surface area contributed by atoms with Gasteiger partial charge in [0.15, 0.2) is 0 Å². The maximum atomic E-state index is 11.6. The fourth-order valence-electron chi connectivity index (χ4n) is 1.45. The molecule has 0 bridgehead atoms. The van der Waals surface area contributed by atoms with Crippen LogP contribution in [-0.2, 0) is 4.79 Å². The zero-order chi connectivity index (χ0) is 13.3. The van der Waals surface area contributed by atoms with Gasteiger partial charge in [-0.05, 0) is 24.3 Å². The van der Waals surface area contributed by atoms with Gasteiger partial charge in [0, 0.05) is 16.5 Å². The fourth-order valence-corrected chi connectivity index (χ4v) is 1.91. The average molecular weight is 285 g/mol. The monoisotopic (exact) mass is 284 g/mol. The Labute approximate surface area is 111 Å². The first-order valence-corrected chi connectivity index (χ1v) is 5.57. The minimum Gasteiger partial charge on any atom is -0.478 e. The highest BCUT2D eigenvalue weighted by Gasteiger charge is 2.11. The molecule has 0 unspecified atom stereocenters. The summed E-state index contributed by atoms with van der Waals surface area (Å²) in [5.74, 6) is -1.18. The first kappa shape index (κ1) is 12.7. The van der Waals surface area contributed by atoms with E-state index in [1.54, 1.807) is 12.1 Å². The molecule has 0 atom stereocenters. The Kier molecular flexibility index (Phi) is 3.41. The SMILES string of the molecule is O=C(O)/C=C/c1c(Cl)c2cc(Cl)ccc2oc1=O. The number of benzene rings is 1. The Hall–Kier alpha value is -1.78. The lowest BCUT2D eigenvalue weighted by Gasteiger charge is -2.02. The number of carboxylic acid groups (broad SMARTS) is 1. The Bertz CT molecular complexity index is 716. The van der Waals surface area contributed by atoms with E-state index in [1.807, 2.05) is 0 Å². The summed E-state index contributed by atoms with van der Waals surface area (Å²) in [6, 6.07) is 4.63. The van der Waals surface area contributed by atoms with Crippen molar-refractivity contribution in [2.75, 3.05) is 0 Å². The number of aliphatic carboxylic acids is 1. The summed E-state index contributed by atoms with van der Waals surface area (Å²) in [4.78, 5) is 22.1. The fraction of sp³-hybridized carbons (Fsp3) is 0. The number of rotatable bonds is 2. The normalized spacial score (nSPS) is 11.2. The van der Waals surface area contributed by atoms with Crippen molar-refractivity contribution in [1.82, 2.24) is 0 Å². The van der Waals surface area contributed by atoms with Crippen LogP contribution in [0.15, 0.2) is 33.5 Å². The Morgan fingerprint density at radius 2 is 2.06 bits per heavy atom. The molecule has 4 nitrogen and oxygen atoms in total. The summed E-state index contributed by atoms with van der Waals surface area (Å²) in [6.45, 7) is 0. The van der Waals surface area contributed by atoms with Crippen molar-refractivity contribution >= 4 is 46.2 Å². The van der Waals surface area contributed by atoms with Gasteiger partial charge in [0.2, 0.25) is 0 Å². The van der Waals surface area contributed by atoms with Crippen LogP contribution >= 0.6 is 23.2 Å². The van der Waals surface area contributed by atoms with Gasteiger partial charge in [0.25, 0.3) is 0 Å². The van der Waals surface area contributed by atoms with Crippen LogP contribution in [0.25, 0.3) is 17.0 Å². The van der Waals surface area contributed by atoms with Crippen molar-refractivity contribution in [2.45, 2.75) is 0 Å². The molecule has 2 rings (SSSR count). The van der Waals surface area contributed by atoms with E-state index < -0.39 is 11.6 Å². The molecule has 0 fully saturated rings. The highest BCUT2D eigenvalue weighted by molar-refractivity contribution is 6.37. The lowest BCUT2D eigenvalue weighted by Crippen LogP contribution is -2.04. The lowest BCUT2D eigenvalue weighted by molar-refractivity contribution is -0.131.